The van der Waals surface area contributed by atoms with Gasteiger partial charge < -0.3 is 14.5 Å². The molecule has 0 fully saturated rings. The van der Waals surface area contributed by atoms with Crippen molar-refractivity contribution in [3.05, 3.63) is 82.1 Å². The van der Waals surface area contributed by atoms with Crippen LogP contribution in [0.25, 0.3) is 22.1 Å². The number of furan rings is 1. The van der Waals surface area contributed by atoms with Gasteiger partial charge in [-0.1, -0.05) is 50.2 Å². The maximum atomic E-state index is 6.33. The second-order valence-corrected chi connectivity index (χ2v) is 8.97. The van der Waals surface area contributed by atoms with Crippen LogP contribution >= 0.6 is 0 Å². The third kappa shape index (κ3) is 3.88. The van der Waals surface area contributed by atoms with Crippen LogP contribution in [0.5, 0.6) is 5.75 Å². The van der Waals surface area contributed by atoms with Crippen LogP contribution in [0.3, 0.4) is 0 Å². The maximum absolute atomic E-state index is 6.33. The van der Waals surface area contributed by atoms with Gasteiger partial charge in [0.25, 0.3) is 0 Å². The SMILES string of the molecule is COc1ccc(CNc2c(C)c(C)c3oc(C)c(-c4ccc(C(C)C)cc4)c3c2C)cc1. The molecule has 3 nitrogen and oxygen atoms in total. The van der Waals surface area contributed by atoms with Crippen molar-refractivity contribution in [2.24, 2.45) is 0 Å². The Kier molecular flexibility index (Phi) is 6.01. The fourth-order valence-electron chi connectivity index (χ4n) is 4.51. The summed E-state index contributed by atoms with van der Waals surface area (Å²) in [5.41, 5.74) is 10.8. The van der Waals surface area contributed by atoms with E-state index in [1.54, 1.807) is 7.11 Å². The highest BCUT2D eigenvalue weighted by molar-refractivity contribution is 6.02. The van der Waals surface area contributed by atoms with E-state index in [4.69, 9.17) is 9.15 Å². The molecule has 3 heteroatoms. The van der Waals surface area contributed by atoms with E-state index in [9.17, 15) is 0 Å². The molecule has 0 amide bonds. The predicted octanol–water partition coefficient (Wildman–Crippen LogP) is 8.08. The van der Waals surface area contributed by atoms with Gasteiger partial charge in [0, 0.05) is 23.2 Å². The monoisotopic (exact) mass is 427 g/mol. The second-order valence-electron chi connectivity index (χ2n) is 8.97. The number of aryl methyl sites for hydroxylation is 3. The van der Waals surface area contributed by atoms with E-state index in [0.29, 0.717) is 5.92 Å². The lowest BCUT2D eigenvalue weighted by Gasteiger charge is -2.17. The van der Waals surface area contributed by atoms with E-state index >= 15 is 0 Å². The first-order valence-corrected chi connectivity index (χ1v) is 11.3. The molecule has 1 N–H and O–H groups in total. The molecule has 1 heterocycles. The van der Waals surface area contributed by atoms with Crippen LogP contribution < -0.4 is 10.1 Å². The first-order chi connectivity index (χ1) is 15.3. The van der Waals surface area contributed by atoms with Crippen molar-refractivity contribution in [1.82, 2.24) is 0 Å². The molecule has 0 unspecified atom stereocenters. The van der Waals surface area contributed by atoms with Gasteiger partial charge in [-0.05, 0) is 79.1 Å². The molecule has 0 saturated carbocycles. The minimum absolute atomic E-state index is 0.520. The van der Waals surface area contributed by atoms with Crippen molar-refractivity contribution in [1.29, 1.82) is 0 Å². The zero-order valence-corrected chi connectivity index (χ0v) is 20.2. The normalized spacial score (nSPS) is 11.4. The average Bonchev–Trinajstić information content (AvgIpc) is 3.15. The van der Waals surface area contributed by atoms with Crippen molar-refractivity contribution in [2.75, 3.05) is 12.4 Å². The quantitative estimate of drug-likeness (QED) is 0.338. The maximum Gasteiger partial charge on any atom is 0.138 e. The topological polar surface area (TPSA) is 34.4 Å². The van der Waals surface area contributed by atoms with E-state index in [1.165, 1.54) is 50.0 Å². The van der Waals surface area contributed by atoms with E-state index in [-0.39, 0.29) is 0 Å². The molecule has 4 rings (SSSR count). The number of fused-ring (bicyclic) bond motifs is 1. The summed E-state index contributed by atoms with van der Waals surface area (Å²) in [5.74, 6) is 2.36. The molecule has 0 spiro atoms. The van der Waals surface area contributed by atoms with Gasteiger partial charge in [-0.2, -0.15) is 0 Å². The summed E-state index contributed by atoms with van der Waals surface area (Å²) >= 11 is 0. The number of benzene rings is 3. The number of rotatable bonds is 6. The summed E-state index contributed by atoms with van der Waals surface area (Å²) in [6.45, 7) is 13.8. The molecule has 0 radical (unpaired) electrons. The Balaban J connectivity index is 1.78. The molecule has 1 aromatic heterocycles. The van der Waals surface area contributed by atoms with Crippen LogP contribution in [0.15, 0.2) is 52.9 Å². The number of ether oxygens (including phenoxy) is 1. The fourth-order valence-corrected chi connectivity index (χ4v) is 4.51. The van der Waals surface area contributed by atoms with Crippen LogP contribution in [0, 0.1) is 27.7 Å². The van der Waals surface area contributed by atoms with Gasteiger partial charge in [-0.25, -0.2) is 0 Å². The molecule has 0 atom stereocenters. The predicted molar refractivity (Wildman–Crippen MR) is 135 cm³/mol. The van der Waals surface area contributed by atoms with Crippen molar-refractivity contribution < 1.29 is 9.15 Å². The van der Waals surface area contributed by atoms with Gasteiger partial charge in [0.05, 0.1) is 7.11 Å². The number of hydrogen-bond donors (Lipinski definition) is 1. The largest absolute Gasteiger partial charge is 0.497 e. The summed E-state index contributed by atoms with van der Waals surface area (Å²) < 4.78 is 11.6. The Labute approximate surface area is 191 Å². The first kappa shape index (κ1) is 22.0. The number of hydrogen-bond acceptors (Lipinski definition) is 3. The van der Waals surface area contributed by atoms with Crippen LogP contribution in [0.1, 0.15) is 53.3 Å². The highest BCUT2D eigenvalue weighted by Crippen LogP contribution is 2.42. The molecule has 3 aromatic carbocycles. The van der Waals surface area contributed by atoms with E-state index in [2.05, 4.69) is 83.3 Å². The zero-order valence-electron chi connectivity index (χ0n) is 20.2. The Hall–Kier alpha value is -3.20. The first-order valence-electron chi connectivity index (χ1n) is 11.3. The van der Waals surface area contributed by atoms with Gasteiger partial charge in [0.2, 0.25) is 0 Å². The molecule has 4 aromatic rings. The average molecular weight is 428 g/mol. The molecule has 166 valence electrons. The van der Waals surface area contributed by atoms with Gasteiger partial charge in [0.15, 0.2) is 0 Å². The number of nitrogens with one attached hydrogen (secondary N) is 1. The van der Waals surface area contributed by atoms with Crippen molar-refractivity contribution in [3.8, 4) is 16.9 Å². The van der Waals surface area contributed by atoms with Crippen LogP contribution in [0.2, 0.25) is 0 Å². The molecule has 0 aliphatic heterocycles. The third-order valence-corrected chi connectivity index (χ3v) is 6.61. The molecular weight excluding hydrogens is 394 g/mol. The lowest BCUT2D eigenvalue weighted by molar-refractivity contribution is 0.414. The summed E-state index contributed by atoms with van der Waals surface area (Å²) in [6, 6.07) is 17.1. The smallest absolute Gasteiger partial charge is 0.138 e. The Morgan fingerprint density at radius 1 is 0.844 bits per heavy atom. The highest BCUT2D eigenvalue weighted by atomic mass is 16.5. The molecular formula is C29H33NO2. The van der Waals surface area contributed by atoms with Gasteiger partial charge in [0.1, 0.15) is 17.1 Å². The summed E-state index contributed by atoms with van der Waals surface area (Å²) in [4.78, 5) is 0. The summed E-state index contributed by atoms with van der Waals surface area (Å²) in [6.07, 6.45) is 0. The van der Waals surface area contributed by atoms with E-state index < -0.39 is 0 Å². The van der Waals surface area contributed by atoms with E-state index in [1.807, 2.05) is 12.1 Å². The zero-order chi connectivity index (χ0) is 23.0. The van der Waals surface area contributed by atoms with E-state index in [0.717, 1.165) is 23.6 Å². The fraction of sp³-hybridized carbons (Fsp3) is 0.310. The lowest BCUT2D eigenvalue weighted by Crippen LogP contribution is -2.04. The molecule has 0 bridgehead atoms. The van der Waals surface area contributed by atoms with Gasteiger partial charge >= 0.3 is 0 Å². The Bertz CT molecular complexity index is 1250. The molecule has 0 saturated heterocycles. The van der Waals surface area contributed by atoms with Crippen LogP contribution in [-0.2, 0) is 6.54 Å². The summed E-state index contributed by atoms with van der Waals surface area (Å²) in [7, 11) is 1.69. The third-order valence-electron chi connectivity index (χ3n) is 6.61. The Morgan fingerprint density at radius 3 is 2.09 bits per heavy atom. The standard InChI is InChI=1S/C29H33NO2/c1-17(2)23-10-12-24(13-11-23)27-21(6)32-29-19(4)18(3)28(20(5)26(27)29)30-16-22-8-14-25(31-7)15-9-22/h8-15,17,30H,16H2,1-7H3. The number of methoxy groups -OCH3 is 1. The van der Waals surface area contributed by atoms with Gasteiger partial charge in [-0.3, -0.25) is 0 Å². The minimum Gasteiger partial charge on any atom is -0.497 e. The van der Waals surface area contributed by atoms with Gasteiger partial charge in [-0.15, -0.1) is 0 Å². The van der Waals surface area contributed by atoms with Crippen molar-refractivity contribution >= 4 is 16.7 Å². The van der Waals surface area contributed by atoms with Crippen molar-refractivity contribution in [2.45, 2.75) is 54.0 Å². The number of anilines is 1. The minimum atomic E-state index is 0.520. The Morgan fingerprint density at radius 2 is 1.50 bits per heavy atom. The highest BCUT2D eigenvalue weighted by Gasteiger charge is 2.21. The molecule has 32 heavy (non-hydrogen) atoms. The summed E-state index contributed by atoms with van der Waals surface area (Å²) in [5, 5.41) is 4.91. The van der Waals surface area contributed by atoms with Crippen LogP contribution in [0.4, 0.5) is 5.69 Å². The van der Waals surface area contributed by atoms with Crippen LogP contribution in [-0.4, -0.2) is 7.11 Å². The second kappa shape index (κ2) is 8.74. The molecule has 0 aliphatic rings. The van der Waals surface area contributed by atoms with Crippen molar-refractivity contribution in [3.63, 3.8) is 0 Å². The lowest BCUT2D eigenvalue weighted by atomic mass is 9.92. The molecule has 0 aliphatic carbocycles.